The van der Waals surface area contributed by atoms with Crippen molar-refractivity contribution in [2.24, 2.45) is 0 Å². The van der Waals surface area contributed by atoms with E-state index in [0.717, 1.165) is 18.5 Å². The van der Waals surface area contributed by atoms with Crippen molar-refractivity contribution in [3.8, 4) is 0 Å². The quantitative estimate of drug-likeness (QED) is 0.670. The van der Waals surface area contributed by atoms with E-state index in [1.165, 1.54) is 0 Å². The normalized spacial score (nSPS) is 15.1. The summed E-state index contributed by atoms with van der Waals surface area (Å²) in [6, 6.07) is 9.83. The molecule has 0 bridgehead atoms. The van der Waals surface area contributed by atoms with Gasteiger partial charge in [-0.3, -0.25) is 4.79 Å². The van der Waals surface area contributed by atoms with Crippen LogP contribution in [0.3, 0.4) is 0 Å². The van der Waals surface area contributed by atoms with Crippen molar-refractivity contribution in [1.29, 1.82) is 0 Å². The molecule has 15 heavy (non-hydrogen) atoms. The molecule has 0 saturated carbocycles. The topological polar surface area (TPSA) is 20.3 Å². The maximum atomic E-state index is 11.6. The highest BCUT2D eigenvalue weighted by Gasteiger charge is 2.09. The van der Waals surface area contributed by atoms with Crippen molar-refractivity contribution in [1.82, 2.24) is 4.90 Å². The van der Waals surface area contributed by atoms with E-state index in [2.05, 4.69) is 0 Å². The number of hydrogen-bond acceptors (Lipinski definition) is 1. The van der Waals surface area contributed by atoms with Gasteiger partial charge in [-0.2, -0.15) is 0 Å². The van der Waals surface area contributed by atoms with Gasteiger partial charge in [-0.05, 0) is 18.1 Å². The third kappa shape index (κ3) is 2.56. The first kappa shape index (κ1) is 9.71. The number of nitrogens with zero attached hydrogens (tertiary/aromatic N) is 1. The van der Waals surface area contributed by atoms with Crippen LogP contribution in [0.2, 0.25) is 0 Å². The Hall–Kier alpha value is -1.83. The summed E-state index contributed by atoms with van der Waals surface area (Å²) < 4.78 is 0. The molecule has 2 heteroatoms. The summed E-state index contributed by atoms with van der Waals surface area (Å²) in [7, 11) is 0. The van der Waals surface area contributed by atoms with Gasteiger partial charge in [-0.15, -0.1) is 0 Å². The molecule has 0 spiro atoms. The predicted octanol–water partition coefficient (Wildman–Crippen LogP) is 2.45. The summed E-state index contributed by atoms with van der Waals surface area (Å²) in [6.07, 6.45) is 8.27. The van der Waals surface area contributed by atoms with Gasteiger partial charge >= 0.3 is 0 Å². The highest BCUT2D eigenvalue weighted by Crippen LogP contribution is 2.06. The zero-order valence-corrected chi connectivity index (χ0v) is 8.47. The van der Waals surface area contributed by atoms with Crippen molar-refractivity contribution in [3.63, 3.8) is 0 Å². The van der Waals surface area contributed by atoms with Crippen molar-refractivity contribution < 1.29 is 4.79 Å². The molecule has 0 radical (unpaired) electrons. The largest absolute Gasteiger partial charge is 0.316 e. The van der Waals surface area contributed by atoms with E-state index in [9.17, 15) is 4.79 Å². The number of carbonyl (C=O) groups is 1. The van der Waals surface area contributed by atoms with Gasteiger partial charge in [0.15, 0.2) is 0 Å². The molecule has 0 unspecified atom stereocenters. The highest BCUT2D eigenvalue weighted by atomic mass is 16.2. The summed E-state index contributed by atoms with van der Waals surface area (Å²) in [4.78, 5) is 13.3. The van der Waals surface area contributed by atoms with Crippen molar-refractivity contribution in [2.75, 3.05) is 6.54 Å². The Balaban J connectivity index is 1.99. The van der Waals surface area contributed by atoms with E-state index >= 15 is 0 Å². The number of amides is 1. The molecule has 0 atom stereocenters. The van der Waals surface area contributed by atoms with Crippen LogP contribution in [-0.2, 0) is 4.79 Å². The molecule has 76 valence electrons. The summed E-state index contributed by atoms with van der Waals surface area (Å²) in [6.45, 7) is 0.804. The number of rotatable bonds is 2. The van der Waals surface area contributed by atoms with Crippen LogP contribution in [0, 0.1) is 0 Å². The zero-order valence-electron chi connectivity index (χ0n) is 8.47. The smallest absolute Gasteiger partial charge is 0.250 e. The molecule has 2 nitrogen and oxygen atoms in total. The van der Waals surface area contributed by atoms with Crippen molar-refractivity contribution in [2.45, 2.75) is 6.42 Å². The van der Waals surface area contributed by atoms with Crippen molar-refractivity contribution >= 4 is 12.0 Å². The van der Waals surface area contributed by atoms with E-state index in [1.807, 2.05) is 48.7 Å². The molecule has 2 rings (SSSR count). The molecule has 1 aromatic carbocycles. The van der Waals surface area contributed by atoms with Crippen LogP contribution < -0.4 is 0 Å². The first-order chi connectivity index (χ1) is 7.36. The van der Waals surface area contributed by atoms with E-state index < -0.39 is 0 Å². The fourth-order valence-corrected chi connectivity index (χ4v) is 1.50. The highest BCUT2D eigenvalue weighted by molar-refractivity contribution is 5.92. The zero-order chi connectivity index (χ0) is 10.5. The second-order valence-corrected chi connectivity index (χ2v) is 3.45. The van der Waals surface area contributed by atoms with E-state index in [-0.39, 0.29) is 5.91 Å². The summed E-state index contributed by atoms with van der Waals surface area (Å²) in [5.74, 6) is 0.0487. The average molecular weight is 199 g/mol. The minimum atomic E-state index is 0.0487. The van der Waals surface area contributed by atoms with Crippen molar-refractivity contribution in [3.05, 3.63) is 54.2 Å². The summed E-state index contributed by atoms with van der Waals surface area (Å²) in [5.41, 5.74) is 1.05. The molecular weight excluding hydrogens is 186 g/mol. The van der Waals surface area contributed by atoms with Gasteiger partial charge in [-0.1, -0.05) is 36.4 Å². The lowest BCUT2D eigenvalue weighted by atomic mass is 10.2. The lowest BCUT2D eigenvalue weighted by Crippen LogP contribution is -2.20. The third-order valence-electron chi connectivity index (χ3n) is 2.32. The molecule has 1 aromatic rings. The van der Waals surface area contributed by atoms with Crippen LogP contribution in [0.25, 0.3) is 6.08 Å². The molecule has 1 aliphatic heterocycles. The Labute approximate surface area is 89.5 Å². The first-order valence-corrected chi connectivity index (χ1v) is 5.07. The Kier molecular flexibility index (Phi) is 2.98. The number of benzene rings is 1. The SMILES string of the molecule is O=C(/C=C/c1ccccc1)N1C=CCC1. The lowest BCUT2D eigenvalue weighted by Gasteiger charge is -2.09. The fourth-order valence-electron chi connectivity index (χ4n) is 1.50. The molecule has 0 aliphatic carbocycles. The van der Waals surface area contributed by atoms with E-state index in [0.29, 0.717) is 0 Å². The maximum absolute atomic E-state index is 11.6. The molecule has 1 amide bonds. The van der Waals surface area contributed by atoms with Gasteiger partial charge in [0.2, 0.25) is 0 Å². The Morgan fingerprint density at radius 2 is 2.07 bits per heavy atom. The fraction of sp³-hybridized carbons (Fsp3) is 0.154. The molecule has 1 aliphatic rings. The van der Waals surface area contributed by atoms with Crippen LogP contribution >= 0.6 is 0 Å². The Bertz CT molecular complexity index is 392. The second-order valence-electron chi connectivity index (χ2n) is 3.45. The molecule has 0 fully saturated rings. The number of hydrogen-bond donors (Lipinski definition) is 0. The monoisotopic (exact) mass is 199 g/mol. The van der Waals surface area contributed by atoms with Gasteiger partial charge in [0, 0.05) is 18.8 Å². The van der Waals surface area contributed by atoms with Crippen LogP contribution in [0.1, 0.15) is 12.0 Å². The van der Waals surface area contributed by atoms with E-state index in [4.69, 9.17) is 0 Å². The molecular formula is C13H13NO. The minimum absolute atomic E-state index is 0.0487. The van der Waals surface area contributed by atoms with Gasteiger partial charge in [-0.25, -0.2) is 0 Å². The Morgan fingerprint density at radius 1 is 1.27 bits per heavy atom. The van der Waals surface area contributed by atoms with Crippen LogP contribution in [0.15, 0.2) is 48.7 Å². The van der Waals surface area contributed by atoms with Crippen LogP contribution in [-0.4, -0.2) is 17.4 Å². The van der Waals surface area contributed by atoms with Gasteiger partial charge < -0.3 is 4.90 Å². The third-order valence-corrected chi connectivity index (χ3v) is 2.32. The number of carbonyl (C=O) groups excluding carboxylic acids is 1. The maximum Gasteiger partial charge on any atom is 0.250 e. The van der Waals surface area contributed by atoms with Crippen LogP contribution in [0.4, 0.5) is 0 Å². The molecule has 1 heterocycles. The Morgan fingerprint density at radius 3 is 2.73 bits per heavy atom. The average Bonchev–Trinajstić information content (AvgIpc) is 2.81. The van der Waals surface area contributed by atoms with Gasteiger partial charge in [0.05, 0.1) is 0 Å². The summed E-state index contributed by atoms with van der Waals surface area (Å²) in [5, 5.41) is 0. The predicted molar refractivity (Wildman–Crippen MR) is 60.9 cm³/mol. The summed E-state index contributed by atoms with van der Waals surface area (Å²) >= 11 is 0. The van der Waals surface area contributed by atoms with Gasteiger partial charge in [0.1, 0.15) is 0 Å². The van der Waals surface area contributed by atoms with E-state index in [1.54, 1.807) is 11.0 Å². The first-order valence-electron chi connectivity index (χ1n) is 5.07. The molecule has 0 N–H and O–H groups in total. The van der Waals surface area contributed by atoms with Crippen LogP contribution in [0.5, 0.6) is 0 Å². The molecule has 0 saturated heterocycles. The lowest BCUT2D eigenvalue weighted by molar-refractivity contribution is -0.123. The molecule has 0 aromatic heterocycles. The second kappa shape index (κ2) is 4.60. The van der Waals surface area contributed by atoms with Gasteiger partial charge in [0.25, 0.3) is 5.91 Å². The standard InChI is InChI=1S/C13H13NO/c15-13(14-10-4-5-11-14)9-8-12-6-2-1-3-7-12/h1-4,6-10H,5,11H2/b9-8+. The minimum Gasteiger partial charge on any atom is -0.316 e.